The summed E-state index contributed by atoms with van der Waals surface area (Å²) in [6.07, 6.45) is 1.75. The molecule has 0 saturated heterocycles. The van der Waals surface area contributed by atoms with Crippen LogP contribution in [0.15, 0.2) is 18.2 Å². The Morgan fingerprint density at radius 2 is 2.14 bits per heavy atom. The lowest BCUT2D eigenvalue weighted by molar-refractivity contribution is -0.118. The molecule has 1 aromatic carbocycles. The second kappa shape index (κ2) is 5.95. The highest BCUT2D eigenvalue weighted by Crippen LogP contribution is 2.27. The molecule has 6 nitrogen and oxygen atoms in total. The fourth-order valence-corrected chi connectivity index (χ4v) is 2.63. The highest BCUT2D eigenvalue weighted by molar-refractivity contribution is 6.01. The molecule has 1 atom stereocenters. The minimum absolute atomic E-state index is 0.149. The molecule has 21 heavy (non-hydrogen) atoms. The van der Waals surface area contributed by atoms with Gasteiger partial charge in [0.25, 0.3) is 0 Å². The van der Waals surface area contributed by atoms with Crippen molar-refractivity contribution >= 4 is 22.9 Å². The van der Waals surface area contributed by atoms with E-state index in [1.807, 2.05) is 18.4 Å². The Morgan fingerprint density at radius 3 is 2.71 bits per heavy atom. The Morgan fingerprint density at radius 1 is 1.43 bits per heavy atom. The second-order valence-electron chi connectivity index (χ2n) is 5.15. The lowest BCUT2D eigenvalue weighted by Crippen LogP contribution is -2.19. The molecule has 2 aromatic rings. The van der Waals surface area contributed by atoms with Crippen LogP contribution < -0.4 is 5.73 Å². The molecule has 0 bridgehead atoms. The van der Waals surface area contributed by atoms with Crippen molar-refractivity contribution in [2.45, 2.75) is 39.2 Å². The Labute approximate surface area is 122 Å². The van der Waals surface area contributed by atoms with Gasteiger partial charge in [-0.15, -0.1) is 0 Å². The van der Waals surface area contributed by atoms with E-state index in [2.05, 4.69) is 4.98 Å². The zero-order valence-electron chi connectivity index (χ0n) is 12.2. The van der Waals surface area contributed by atoms with E-state index in [1.54, 1.807) is 18.2 Å². The quantitative estimate of drug-likeness (QED) is 0.851. The van der Waals surface area contributed by atoms with Crippen LogP contribution >= 0.6 is 0 Å². The van der Waals surface area contributed by atoms with Crippen LogP contribution in [0.25, 0.3) is 11.0 Å². The lowest BCUT2D eigenvalue weighted by Gasteiger charge is -2.17. The highest BCUT2D eigenvalue weighted by Gasteiger charge is 2.21. The van der Waals surface area contributed by atoms with Crippen molar-refractivity contribution in [2.75, 3.05) is 0 Å². The molecule has 0 radical (unpaired) electrons. The first-order valence-corrected chi connectivity index (χ1v) is 6.97. The van der Waals surface area contributed by atoms with Crippen LogP contribution in [0.4, 0.5) is 0 Å². The number of benzene rings is 1. The molecule has 0 fully saturated rings. The Bertz CT molecular complexity index is 691. The number of aromatic nitrogens is 2. The molecule has 112 valence electrons. The van der Waals surface area contributed by atoms with Crippen molar-refractivity contribution in [3.8, 4) is 0 Å². The van der Waals surface area contributed by atoms with E-state index in [1.165, 1.54) is 0 Å². The largest absolute Gasteiger partial charge is 0.478 e. The van der Waals surface area contributed by atoms with Crippen molar-refractivity contribution in [2.24, 2.45) is 5.73 Å². The zero-order chi connectivity index (χ0) is 15.6. The van der Waals surface area contributed by atoms with E-state index < -0.39 is 11.9 Å². The second-order valence-corrected chi connectivity index (χ2v) is 5.15. The van der Waals surface area contributed by atoms with Crippen LogP contribution in [0.5, 0.6) is 0 Å². The van der Waals surface area contributed by atoms with Gasteiger partial charge < -0.3 is 15.4 Å². The number of para-hydroxylation sites is 1. The summed E-state index contributed by atoms with van der Waals surface area (Å²) in [7, 11) is 0. The maximum absolute atomic E-state index is 11.4. The number of hydrogen-bond acceptors (Lipinski definition) is 3. The highest BCUT2D eigenvalue weighted by atomic mass is 16.4. The normalized spacial score (nSPS) is 12.5. The number of carboxylic acid groups (broad SMARTS) is 1. The topological polar surface area (TPSA) is 98.2 Å². The Hall–Kier alpha value is -2.37. The molecule has 3 N–H and O–H groups in total. The lowest BCUT2D eigenvalue weighted by atomic mass is 10.1. The van der Waals surface area contributed by atoms with E-state index in [9.17, 15) is 14.7 Å². The number of amides is 1. The van der Waals surface area contributed by atoms with Gasteiger partial charge in [-0.2, -0.15) is 0 Å². The smallest absolute Gasteiger partial charge is 0.337 e. The summed E-state index contributed by atoms with van der Waals surface area (Å²) in [6.45, 7) is 3.88. The number of aryl methyl sites for hydroxylation is 1. The molecule has 0 aliphatic heterocycles. The summed E-state index contributed by atoms with van der Waals surface area (Å²) >= 11 is 0. The van der Waals surface area contributed by atoms with Gasteiger partial charge in [-0.25, -0.2) is 9.78 Å². The van der Waals surface area contributed by atoms with Crippen LogP contribution in [-0.2, 0) is 11.2 Å². The van der Waals surface area contributed by atoms with E-state index in [-0.39, 0.29) is 18.0 Å². The predicted octanol–water partition coefficient (Wildman–Crippen LogP) is 2.12. The summed E-state index contributed by atoms with van der Waals surface area (Å²) in [5, 5.41) is 9.38. The molecule has 2 rings (SSSR count). The fraction of sp³-hybridized carbons (Fsp3) is 0.400. The summed E-state index contributed by atoms with van der Waals surface area (Å²) in [6, 6.07) is 4.79. The first-order chi connectivity index (χ1) is 9.95. The molecule has 1 heterocycles. The molecule has 1 amide bonds. The molecule has 0 aliphatic rings. The first kappa shape index (κ1) is 15.0. The standard InChI is InChI=1S/C15H19N3O3/c1-3-5-13-17-11-7-4-6-10(15(20)21)14(11)18(13)9(2)8-12(16)19/h4,6-7,9H,3,5,8H2,1-2H3,(H2,16,19)(H,20,21). The SMILES string of the molecule is CCCc1nc2cccc(C(=O)O)c2n1C(C)CC(N)=O. The van der Waals surface area contributed by atoms with Crippen molar-refractivity contribution in [1.82, 2.24) is 9.55 Å². The van der Waals surface area contributed by atoms with E-state index >= 15 is 0 Å². The number of rotatable bonds is 6. The van der Waals surface area contributed by atoms with Gasteiger partial charge in [0, 0.05) is 18.9 Å². The third-order valence-electron chi connectivity index (χ3n) is 3.42. The minimum Gasteiger partial charge on any atom is -0.478 e. The minimum atomic E-state index is -1.00. The Balaban J connectivity index is 2.70. The van der Waals surface area contributed by atoms with E-state index in [0.717, 1.165) is 18.7 Å². The zero-order valence-corrected chi connectivity index (χ0v) is 12.2. The van der Waals surface area contributed by atoms with Crippen LogP contribution in [0.3, 0.4) is 0 Å². The number of aromatic carboxylic acids is 1. The summed E-state index contributed by atoms with van der Waals surface area (Å²) in [5.74, 6) is -0.634. The third kappa shape index (κ3) is 2.89. The molecule has 0 spiro atoms. The monoisotopic (exact) mass is 289 g/mol. The molecule has 0 saturated carbocycles. The molecule has 1 unspecified atom stereocenters. The summed E-state index contributed by atoms with van der Waals surface area (Å²) < 4.78 is 1.84. The Kier molecular flexibility index (Phi) is 4.26. The van der Waals surface area contributed by atoms with Gasteiger partial charge >= 0.3 is 5.97 Å². The first-order valence-electron chi connectivity index (χ1n) is 6.97. The van der Waals surface area contributed by atoms with Gasteiger partial charge in [-0.1, -0.05) is 13.0 Å². The van der Waals surface area contributed by atoms with E-state index in [0.29, 0.717) is 11.0 Å². The fourth-order valence-electron chi connectivity index (χ4n) is 2.63. The number of hydrogen-bond donors (Lipinski definition) is 2. The van der Waals surface area contributed by atoms with Crippen molar-refractivity contribution in [3.05, 3.63) is 29.6 Å². The number of carboxylic acids is 1. The van der Waals surface area contributed by atoms with Crippen LogP contribution in [-0.4, -0.2) is 26.5 Å². The molecule has 0 aliphatic carbocycles. The molecule has 1 aromatic heterocycles. The number of nitrogens with zero attached hydrogens (tertiary/aromatic N) is 2. The van der Waals surface area contributed by atoms with Gasteiger partial charge in [-0.3, -0.25) is 4.79 Å². The van der Waals surface area contributed by atoms with Crippen LogP contribution in [0, 0.1) is 0 Å². The number of carbonyl (C=O) groups excluding carboxylic acids is 1. The van der Waals surface area contributed by atoms with Gasteiger partial charge in [-0.05, 0) is 25.5 Å². The van der Waals surface area contributed by atoms with Gasteiger partial charge in [0.1, 0.15) is 5.82 Å². The number of nitrogens with two attached hydrogens (primary N) is 1. The average molecular weight is 289 g/mol. The van der Waals surface area contributed by atoms with Crippen molar-refractivity contribution in [3.63, 3.8) is 0 Å². The van der Waals surface area contributed by atoms with E-state index in [4.69, 9.17) is 5.73 Å². The van der Waals surface area contributed by atoms with Crippen LogP contribution in [0.1, 0.15) is 48.9 Å². The number of primary amides is 1. The van der Waals surface area contributed by atoms with Gasteiger partial charge in [0.05, 0.1) is 16.6 Å². The maximum atomic E-state index is 11.4. The number of imidazole rings is 1. The van der Waals surface area contributed by atoms with Gasteiger partial charge in [0.2, 0.25) is 5.91 Å². The number of carbonyl (C=O) groups is 2. The number of fused-ring (bicyclic) bond motifs is 1. The third-order valence-corrected chi connectivity index (χ3v) is 3.42. The summed E-state index contributed by atoms with van der Waals surface area (Å²) in [5.41, 5.74) is 6.66. The average Bonchev–Trinajstić information content (AvgIpc) is 2.75. The molecular formula is C15H19N3O3. The van der Waals surface area contributed by atoms with Crippen molar-refractivity contribution < 1.29 is 14.7 Å². The molecular weight excluding hydrogens is 270 g/mol. The predicted molar refractivity (Wildman–Crippen MR) is 79.2 cm³/mol. The van der Waals surface area contributed by atoms with Crippen molar-refractivity contribution in [1.29, 1.82) is 0 Å². The maximum Gasteiger partial charge on any atom is 0.337 e. The molecule has 6 heteroatoms. The summed E-state index contributed by atoms with van der Waals surface area (Å²) in [4.78, 5) is 27.2. The van der Waals surface area contributed by atoms with Gasteiger partial charge in [0.15, 0.2) is 0 Å². The van der Waals surface area contributed by atoms with Crippen LogP contribution in [0.2, 0.25) is 0 Å².